The molecule has 0 aliphatic rings. The van der Waals surface area contributed by atoms with Crippen LogP contribution in [0.4, 0.5) is 0 Å². The molecule has 0 aromatic carbocycles. The molecule has 0 saturated heterocycles. The monoisotopic (exact) mass is 146 g/mol. The fourth-order valence-electron chi connectivity index (χ4n) is 0.165. The summed E-state index contributed by atoms with van der Waals surface area (Å²) >= 11 is 0.719. The summed E-state index contributed by atoms with van der Waals surface area (Å²) < 4.78 is 2.39. The minimum atomic E-state index is -0.960. The highest BCUT2D eigenvalue weighted by Crippen LogP contribution is 1.91. The first-order valence-electron chi connectivity index (χ1n) is 2.21. The van der Waals surface area contributed by atoms with Gasteiger partial charge in [0.25, 0.3) is 0 Å². The molecule has 0 radical (unpaired) electrons. The minimum absolute atomic E-state index is 0.672. The van der Waals surface area contributed by atoms with Crippen molar-refractivity contribution in [1.82, 2.24) is 4.72 Å². The van der Waals surface area contributed by atoms with E-state index >= 15 is 0 Å². The number of thiocyanates is 1. The van der Waals surface area contributed by atoms with E-state index in [9.17, 15) is 4.79 Å². The average Bonchev–Trinajstić information content (AvgIpc) is 1.82. The van der Waals surface area contributed by atoms with Crippen molar-refractivity contribution in [3.05, 3.63) is 0 Å². The van der Waals surface area contributed by atoms with Gasteiger partial charge in [-0.25, -0.2) is 4.72 Å². The molecule has 0 aliphatic heterocycles. The molecule has 0 fully saturated rings. The summed E-state index contributed by atoms with van der Waals surface area (Å²) in [4.78, 5) is 10.0. The molecule has 0 rings (SSSR count). The smallest absolute Gasteiger partial charge is 0.321 e. The lowest BCUT2D eigenvalue weighted by Crippen LogP contribution is -2.27. The van der Waals surface area contributed by atoms with E-state index in [1.54, 1.807) is 5.40 Å². The fraction of sp³-hybridized carbons (Fsp3) is 0.500. The van der Waals surface area contributed by atoms with E-state index in [-0.39, 0.29) is 0 Å². The number of carbonyl (C=O) groups is 1. The summed E-state index contributed by atoms with van der Waals surface area (Å²) in [6.45, 7) is 1.46. The van der Waals surface area contributed by atoms with Gasteiger partial charge in [-0.2, -0.15) is 5.26 Å². The largest absolute Gasteiger partial charge is 0.480 e. The minimum Gasteiger partial charge on any atom is -0.480 e. The molecule has 0 unspecified atom stereocenters. The van der Waals surface area contributed by atoms with Gasteiger partial charge in [0.05, 0.1) is 0 Å². The molecule has 0 aromatic rings. The molecular formula is C4H6N2O2S. The van der Waals surface area contributed by atoms with Crippen LogP contribution in [0.3, 0.4) is 0 Å². The maximum Gasteiger partial charge on any atom is 0.321 e. The zero-order valence-corrected chi connectivity index (χ0v) is 5.60. The average molecular weight is 146 g/mol. The fourth-order valence-corrected chi connectivity index (χ4v) is 0.495. The van der Waals surface area contributed by atoms with Gasteiger partial charge in [0.1, 0.15) is 11.4 Å². The van der Waals surface area contributed by atoms with Crippen molar-refractivity contribution in [1.29, 1.82) is 5.26 Å². The van der Waals surface area contributed by atoms with Crippen LogP contribution >= 0.6 is 11.9 Å². The third kappa shape index (κ3) is 3.82. The molecule has 50 valence electrons. The number of carboxylic acids is 1. The zero-order chi connectivity index (χ0) is 7.28. The molecule has 9 heavy (non-hydrogen) atoms. The van der Waals surface area contributed by atoms with Crippen molar-refractivity contribution in [2.75, 3.05) is 0 Å². The Morgan fingerprint density at radius 2 is 2.56 bits per heavy atom. The van der Waals surface area contributed by atoms with E-state index in [1.165, 1.54) is 6.92 Å². The molecule has 4 nitrogen and oxygen atoms in total. The van der Waals surface area contributed by atoms with Crippen molar-refractivity contribution in [3.8, 4) is 5.40 Å². The molecule has 0 aromatic heterocycles. The Balaban J connectivity index is 3.41. The van der Waals surface area contributed by atoms with Crippen LogP contribution in [0.15, 0.2) is 0 Å². The summed E-state index contributed by atoms with van der Waals surface area (Å²) in [5, 5.41) is 17.9. The predicted molar refractivity (Wildman–Crippen MR) is 33.4 cm³/mol. The van der Waals surface area contributed by atoms with Gasteiger partial charge in [-0.05, 0) is 6.92 Å². The standard InChI is InChI=1S/C4H6N2O2S/c1-3(4(7)8)6-9-2-5/h3,6H,1H3,(H,7,8)/t3-/m0/s1. The van der Waals surface area contributed by atoms with Gasteiger partial charge in [-0.3, -0.25) is 4.79 Å². The highest BCUT2D eigenvalue weighted by molar-refractivity contribution is 8.01. The molecule has 0 amide bonds. The van der Waals surface area contributed by atoms with Gasteiger partial charge in [0.2, 0.25) is 0 Å². The van der Waals surface area contributed by atoms with Crippen LogP contribution < -0.4 is 4.72 Å². The maximum absolute atomic E-state index is 10.0. The summed E-state index contributed by atoms with van der Waals surface area (Å²) in [7, 11) is 0. The number of hydrogen-bond donors (Lipinski definition) is 2. The Morgan fingerprint density at radius 1 is 2.00 bits per heavy atom. The normalized spacial score (nSPS) is 12.0. The van der Waals surface area contributed by atoms with Crippen LogP contribution in [0, 0.1) is 10.7 Å². The third-order valence-corrected chi connectivity index (χ3v) is 1.21. The van der Waals surface area contributed by atoms with E-state index in [0.29, 0.717) is 0 Å². The maximum atomic E-state index is 10.0. The molecule has 5 heteroatoms. The Kier molecular flexibility index (Phi) is 3.84. The summed E-state index contributed by atoms with van der Waals surface area (Å²) in [6, 6.07) is -0.672. The number of rotatable bonds is 3. The molecule has 1 atom stereocenters. The molecule has 2 N–H and O–H groups in total. The first-order chi connectivity index (χ1) is 4.18. The third-order valence-electron chi connectivity index (χ3n) is 0.652. The second-order valence-corrected chi connectivity index (χ2v) is 1.99. The lowest BCUT2D eigenvalue weighted by atomic mass is 10.4. The van der Waals surface area contributed by atoms with Crippen LogP contribution in [0.2, 0.25) is 0 Å². The van der Waals surface area contributed by atoms with Crippen molar-refractivity contribution >= 4 is 17.9 Å². The summed E-state index contributed by atoms with van der Waals surface area (Å²) in [5.74, 6) is -0.960. The van der Waals surface area contributed by atoms with E-state index in [1.807, 2.05) is 0 Å². The highest BCUT2D eigenvalue weighted by atomic mass is 32.2. The van der Waals surface area contributed by atoms with E-state index in [2.05, 4.69) is 4.72 Å². The van der Waals surface area contributed by atoms with Crippen LogP contribution in [-0.4, -0.2) is 17.1 Å². The van der Waals surface area contributed by atoms with Crippen LogP contribution in [0.5, 0.6) is 0 Å². The lowest BCUT2D eigenvalue weighted by Gasteiger charge is -2.01. The number of carboxylic acid groups (broad SMARTS) is 1. The topological polar surface area (TPSA) is 73.1 Å². The SMILES string of the molecule is C[C@H](NSC#N)C(=O)O. The van der Waals surface area contributed by atoms with Crippen molar-refractivity contribution in [2.24, 2.45) is 0 Å². The number of nitriles is 1. The van der Waals surface area contributed by atoms with E-state index in [4.69, 9.17) is 10.4 Å². The van der Waals surface area contributed by atoms with E-state index < -0.39 is 12.0 Å². The van der Waals surface area contributed by atoms with E-state index in [0.717, 1.165) is 11.9 Å². The Morgan fingerprint density at radius 3 is 2.89 bits per heavy atom. The predicted octanol–water partition coefficient (Wildman–Crippen LogP) is 0.178. The highest BCUT2D eigenvalue weighted by Gasteiger charge is 2.08. The quantitative estimate of drug-likeness (QED) is 0.439. The molecular weight excluding hydrogens is 140 g/mol. The van der Waals surface area contributed by atoms with Gasteiger partial charge in [0, 0.05) is 11.9 Å². The molecule has 0 aliphatic carbocycles. The van der Waals surface area contributed by atoms with Crippen molar-refractivity contribution in [3.63, 3.8) is 0 Å². The second kappa shape index (κ2) is 4.18. The molecule has 0 saturated carbocycles. The summed E-state index contributed by atoms with van der Waals surface area (Å²) in [5.41, 5.74) is 0. The van der Waals surface area contributed by atoms with Gasteiger partial charge in [-0.1, -0.05) is 0 Å². The number of aliphatic carboxylic acids is 1. The Hall–Kier alpha value is -0.730. The van der Waals surface area contributed by atoms with Gasteiger partial charge < -0.3 is 5.11 Å². The molecule has 0 heterocycles. The van der Waals surface area contributed by atoms with Gasteiger partial charge in [-0.15, -0.1) is 0 Å². The zero-order valence-electron chi connectivity index (χ0n) is 4.79. The van der Waals surface area contributed by atoms with Crippen LogP contribution in [0.25, 0.3) is 0 Å². The van der Waals surface area contributed by atoms with Gasteiger partial charge >= 0.3 is 5.97 Å². The first kappa shape index (κ1) is 8.27. The molecule has 0 spiro atoms. The second-order valence-electron chi connectivity index (χ2n) is 1.37. The Labute approximate surface area is 57.0 Å². The number of hydrogen-bond acceptors (Lipinski definition) is 4. The van der Waals surface area contributed by atoms with Crippen molar-refractivity contribution in [2.45, 2.75) is 13.0 Å². The lowest BCUT2D eigenvalue weighted by molar-refractivity contribution is -0.138. The van der Waals surface area contributed by atoms with Crippen molar-refractivity contribution < 1.29 is 9.90 Å². The summed E-state index contributed by atoms with van der Waals surface area (Å²) in [6.07, 6.45) is 0. The van der Waals surface area contributed by atoms with Gasteiger partial charge in [0.15, 0.2) is 0 Å². The van der Waals surface area contributed by atoms with Crippen LogP contribution in [0.1, 0.15) is 6.92 Å². The first-order valence-corrected chi connectivity index (χ1v) is 3.03. The van der Waals surface area contributed by atoms with Crippen LogP contribution in [-0.2, 0) is 4.79 Å². The molecule has 0 bridgehead atoms. The number of nitrogens with one attached hydrogen (secondary N) is 1. The Bertz CT molecular complexity index is 142. The number of nitrogens with zero attached hydrogens (tertiary/aromatic N) is 1.